The van der Waals surface area contributed by atoms with Crippen LogP contribution in [0.5, 0.6) is 0 Å². The Bertz CT molecular complexity index is 488. The maximum atomic E-state index is 10.9. The van der Waals surface area contributed by atoms with E-state index in [4.69, 9.17) is 20.3 Å². The maximum Gasteiger partial charge on any atom is 0.490 e. The second kappa shape index (κ2) is 7.13. The molecule has 0 spiro atoms. The van der Waals surface area contributed by atoms with Gasteiger partial charge in [-0.15, -0.1) is 0 Å². The Kier molecular flexibility index (Phi) is 6.23. The number of carbonyl (C=O) groups is 2. The minimum absolute atomic E-state index is 0.334. The van der Waals surface area contributed by atoms with Gasteiger partial charge in [0, 0.05) is 5.56 Å². The molecule has 0 saturated heterocycles. The molecule has 0 heterocycles. The summed E-state index contributed by atoms with van der Waals surface area (Å²) in [5.74, 6) is -3.09. The van der Waals surface area contributed by atoms with Crippen LogP contribution in [0.15, 0.2) is 24.3 Å². The Morgan fingerprint density at radius 2 is 1.63 bits per heavy atom. The van der Waals surface area contributed by atoms with E-state index in [-0.39, 0.29) is 5.78 Å². The van der Waals surface area contributed by atoms with Gasteiger partial charge < -0.3 is 10.2 Å². The van der Waals surface area contributed by atoms with Gasteiger partial charge in [-0.25, -0.2) is 4.79 Å². The number of carboxylic acids is 1. The zero-order valence-corrected chi connectivity index (χ0v) is 9.31. The highest BCUT2D eigenvalue weighted by molar-refractivity contribution is 5.96. The maximum absolute atomic E-state index is 10.9. The van der Waals surface area contributed by atoms with Crippen molar-refractivity contribution < 1.29 is 33.0 Å². The van der Waals surface area contributed by atoms with Crippen molar-refractivity contribution >= 4 is 11.8 Å². The summed E-state index contributed by atoms with van der Waals surface area (Å²) in [5, 5.41) is 24.1. The van der Waals surface area contributed by atoms with E-state index >= 15 is 0 Å². The molecule has 19 heavy (non-hydrogen) atoms. The molecule has 1 rings (SSSR count). The monoisotopic (exact) mass is 275 g/mol. The van der Waals surface area contributed by atoms with Crippen LogP contribution < -0.4 is 0 Å². The smallest absolute Gasteiger partial charge is 0.475 e. The number of benzene rings is 1. The van der Waals surface area contributed by atoms with E-state index in [1.165, 1.54) is 12.1 Å². The van der Waals surface area contributed by atoms with Gasteiger partial charge >= 0.3 is 12.1 Å². The van der Waals surface area contributed by atoms with Gasteiger partial charge in [0.25, 0.3) is 0 Å². The molecule has 102 valence electrons. The molecule has 2 N–H and O–H groups in total. The lowest BCUT2D eigenvalue weighted by atomic mass is 10.1. The zero-order chi connectivity index (χ0) is 15.1. The molecule has 0 aliphatic rings. The van der Waals surface area contributed by atoms with Crippen LogP contribution >= 0.6 is 0 Å². The normalized spacial score (nSPS) is 9.84. The number of nitrogens with zero attached hydrogens (tertiary/aromatic N) is 1. The van der Waals surface area contributed by atoms with Crippen LogP contribution in [0.4, 0.5) is 13.2 Å². The first-order valence-electron chi connectivity index (χ1n) is 4.66. The first-order valence-corrected chi connectivity index (χ1v) is 4.66. The summed E-state index contributed by atoms with van der Waals surface area (Å²) in [5.41, 5.74) is 0.931. The molecular formula is C11H8F3NO4. The number of hydrogen-bond donors (Lipinski definition) is 2. The number of ketones is 1. The number of carbonyl (C=O) groups excluding carboxylic acids is 1. The first kappa shape index (κ1) is 16.6. The molecule has 0 radical (unpaired) electrons. The molecule has 0 amide bonds. The number of aliphatic hydroxyl groups excluding tert-OH is 1. The zero-order valence-electron chi connectivity index (χ0n) is 9.31. The van der Waals surface area contributed by atoms with Crippen LogP contribution in [0.25, 0.3) is 0 Å². The highest BCUT2D eigenvalue weighted by atomic mass is 19.4. The number of alkyl halides is 3. The van der Waals surface area contributed by atoms with E-state index in [1.54, 1.807) is 12.1 Å². The standard InChI is InChI=1S/C9H7NO2.C2HF3O2/c10-5-7-1-3-8(4-2-7)9(12)6-11;3-2(4,5)1(6)7/h1-4,11H,6H2;(H,6,7). The predicted octanol–water partition coefficient (Wildman–Crippen LogP) is 1.37. The van der Waals surface area contributed by atoms with Crippen molar-refractivity contribution in [3.8, 4) is 6.07 Å². The molecule has 0 aliphatic heterocycles. The van der Waals surface area contributed by atoms with Gasteiger partial charge in [-0.2, -0.15) is 18.4 Å². The lowest BCUT2D eigenvalue weighted by molar-refractivity contribution is -0.192. The van der Waals surface area contributed by atoms with Crippen LogP contribution in [-0.2, 0) is 4.79 Å². The molecule has 0 atom stereocenters. The highest BCUT2D eigenvalue weighted by Gasteiger charge is 2.38. The second-order valence-electron chi connectivity index (χ2n) is 3.07. The number of halogens is 3. The molecule has 1 aromatic rings. The van der Waals surface area contributed by atoms with E-state index in [2.05, 4.69) is 0 Å². The van der Waals surface area contributed by atoms with Gasteiger partial charge in [0.05, 0.1) is 11.6 Å². The van der Waals surface area contributed by atoms with Gasteiger partial charge in [0.1, 0.15) is 6.61 Å². The molecule has 0 aliphatic carbocycles. The van der Waals surface area contributed by atoms with Crippen LogP contribution in [0, 0.1) is 11.3 Å². The van der Waals surface area contributed by atoms with Crippen molar-refractivity contribution in [1.29, 1.82) is 5.26 Å². The van der Waals surface area contributed by atoms with Gasteiger partial charge in [-0.1, -0.05) is 12.1 Å². The molecule has 5 nitrogen and oxygen atoms in total. The number of Topliss-reactive ketones (excluding diaryl/α,β-unsaturated/α-hetero) is 1. The first-order chi connectivity index (χ1) is 8.72. The van der Waals surface area contributed by atoms with Gasteiger partial charge in [-0.05, 0) is 12.1 Å². The summed E-state index contributed by atoms with van der Waals surface area (Å²) in [7, 11) is 0. The molecule has 0 bridgehead atoms. The molecule has 0 fully saturated rings. The Labute approximate surface area is 105 Å². The van der Waals surface area contributed by atoms with Gasteiger partial charge in [0.15, 0.2) is 5.78 Å². The number of nitriles is 1. The van der Waals surface area contributed by atoms with Crippen LogP contribution in [0.3, 0.4) is 0 Å². The number of aliphatic hydroxyl groups is 1. The molecule has 0 aromatic heterocycles. The number of aliphatic carboxylic acids is 1. The van der Waals surface area contributed by atoms with Crippen molar-refractivity contribution in [2.24, 2.45) is 0 Å². The highest BCUT2D eigenvalue weighted by Crippen LogP contribution is 2.13. The minimum atomic E-state index is -5.08. The molecule has 0 unspecified atom stereocenters. The van der Waals surface area contributed by atoms with Crippen molar-refractivity contribution in [2.45, 2.75) is 6.18 Å². The quantitative estimate of drug-likeness (QED) is 0.794. The molecule has 1 aromatic carbocycles. The average molecular weight is 275 g/mol. The Morgan fingerprint density at radius 3 is 1.89 bits per heavy atom. The third-order valence-electron chi connectivity index (χ3n) is 1.72. The summed E-state index contributed by atoms with van der Waals surface area (Å²) >= 11 is 0. The Morgan fingerprint density at radius 1 is 1.21 bits per heavy atom. The number of rotatable bonds is 2. The average Bonchev–Trinajstić information content (AvgIpc) is 2.37. The van der Waals surface area contributed by atoms with E-state index < -0.39 is 18.8 Å². The fourth-order valence-electron chi connectivity index (χ4n) is 0.822. The van der Waals surface area contributed by atoms with Crippen molar-refractivity contribution in [2.75, 3.05) is 6.61 Å². The van der Waals surface area contributed by atoms with Crippen LogP contribution in [-0.4, -0.2) is 34.7 Å². The summed E-state index contributed by atoms with van der Waals surface area (Å²) in [6.07, 6.45) is -5.08. The summed E-state index contributed by atoms with van der Waals surface area (Å²) in [6, 6.07) is 8.08. The van der Waals surface area contributed by atoms with Gasteiger partial charge in [0.2, 0.25) is 0 Å². The van der Waals surface area contributed by atoms with E-state index in [0.29, 0.717) is 11.1 Å². The fourth-order valence-corrected chi connectivity index (χ4v) is 0.822. The summed E-state index contributed by atoms with van der Waals surface area (Å²) < 4.78 is 31.7. The van der Waals surface area contributed by atoms with Crippen molar-refractivity contribution in [3.05, 3.63) is 35.4 Å². The van der Waals surface area contributed by atoms with Crippen molar-refractivity contribution in [3.63, 3.8) is 0 Å². The van der Waals surface area contributed by atoms with Crippen LogP contribution in [0.1, 0.15) is 15.9 Å². The van der Waals surface area contributed by atoms with E-state index in [9.17, 15) is 18.0 Å². The Hall–Kier alpha value is -2.40. The molecule has 0 saturated carbocycles. The number of carboxylic acid groups (broad SMARTS) is 1. The minimum Gasteiger partial charge on any atom is -0.475 e. The van der Waals surface area contributed by atoms with E-state index in [1.807, 2.05) is 6.07 Å². The third-order valence-corrected chi connectivity index (χ3v) is 1.72. The largest absolute Gasteiger partial charge is 0.490 e. The van der Waals surface area contributed by atoms with Crippen LogP contribution in [0.2, 0.25) is 0 Å². The second-order valence-corrected chi connectivity index (χ2v) is 3.07. The molecule has 8 heteroatoms. The number of hydrogen-bond acceptors (Lipinski definition) is 4. The van der Waals surface area contributed by atoms with Crippen molar-refractivity contribution in [1.82, 2.24) is 0 Å². The lowest BCUT2D eigenvalue weighted by Crippen LogP contribution is -2.21. The fraction of sp³-hybridized carbons (Fsp3) is 0.182. The topological polar surface area (TPSA) is 98.4 Å². The SMILES string of the molecule is N#Cc1ccc(C(=O)CO)cc1.O=C(O)C(F)(F)F. The van der Waals surface area contributed by atoms with E-state index in [0.717, 1.165) is 0 Å². The lowest BCUT2D eigenvalue weighted by Gasteiger charge is -1.95. The molecular weight excluding hydrogens is 267 g/mol. The van der Waals surface area contributed by atoms with Gasteiger partial charge in [-0.3, -0.25) is 4.79 Å². The predicted molar refractivity (Wildman–Crippen MR) is 56.3 cm³/mol. The summed E-state index contributed by atoms with van der Waals surface area (Å²) in [6.45, 7) is -0.494. The third kappa shape index (κ3) is 6.18. The summed E-state index contributed by atoms with van der Waals surface area (Å²) in [4.78, 5) is 19.8. The Balaban J connectivity index is 0.000000399.